The van der Waals surface area contributed by atoms with Crippen LogP contribution in [0.4, 0.5) is 5.69 Å². The molecule has 0 fully saturated rings. The van der Waals surface area contributed by atoms with Gasteiger partial charge in [0.1, 0.15) is 11.8 Å². The van der Waals surface area contributed by atoms with Gasteiger partial charge < -0.3 is 29.6 Å². The zero-order valence-corrected chi connectivity index (χ0v) is 18.2. The van der Waals surface area contributed by atoms with E-state index in [0.29, 0.717) is 35.1 Å². The second kappa shape index (κ2) is 10.5. The molecule has 1 aliphatic heterocycles. The van der Waals surface area contributed by atoms with Crippen LogP contribution >= 0.6 is 0 Å². The Morgan fingerprint density at radius 3 is 2.56 bits per heavy atom. The molecule has 1 atom stereocenters. The zero-order valence-electron chi connectivity index (χ0n) is 18.2. The Morgan fingerprint density at radius 1 is 1.06 bits per heavy atom. The summed E-state index contributed by atoms with van der Waals surface area (Å²) in [7, 11) is 0. The van der Waals surface area contributed by atoms with Gasteiger partial charge in [0.2, 0.25) is 6.79 Å². The van der Waals surface area contributed by atoms with Crippen molar-refractivity contribution in [1.29, 1.82) is 0 Å². The molecule has 0 bridgehead atoms. The van der Waals surface area contributed by atoms with Crippen LogP contribution in [-0.2, 0) is 14.3 Å². The molecule has 9 heteroatoms. The van der Waals surface area contributed by atoms with E-state index >= 15 is 0 Å². The third-order valence-corrected chi connectivity index (χ3v) is 4.64. The molecule has 2 aromatic rings. The quantitative estimate of drug-likeness (QED) is 0.574. The average Bonchev–Trinajstić information content (AvgIpc) is 3.24. The number of hydrogen-bond donors (Lipinski definition) is 2. The molecule has 0 unspecified atom stereocenters. The van der Waals surface area contributed by atoms with Crippen molar-refractivity contribution in [3.8, 4) is 17.2 Å². The fraction of sp³-hybridized carbons (Fsp3) is 0.348. The summed E-state index contributed by atoms with van der Waals surface area (Å²) in [5, 5.41) is 5.31. The number of fused-ring (bicyclic) bond motifs is 1. The number of benzene rings is 2. The summed E-state index contributed by atoms with van der Waals surface area (Å²) in [5.41, 5.74) is 0.796. The highest BCUT2D eigenvalue weighted by molar-refractivity contribution is 5.99. The molecule has 1 heterocycles. The van der Waals surface area contributed by atoms with Crippen molar-refractivity contribution in [2.24, 2.45) is 5.92 Å². The van der Waals surface area contributed by atoms with Gasteiger partial charge in [-0.1, -0.05) is 26.0 Å². The molecule has 0 aliphatic carbocycles. The molecule has 2 N–H and O–H groups in total. The molecule has 0 radical (unpaired) electrons. The number of para-hydroxylation sites is 1. The van der Waals surface area contributed by atoms with Crippen molar-refractivity contribution in [2.45, 2.75) is 26.8 Å². The highest BCUT2D eigenvalue weighted by atomic mass is 16.7. The molecule has 32 heavy (non-hydrogen) atoms. The topological polar surface area (TPSA) is 112 Å². The lowest BCUT2D eigenvalue weighted by molar-refractivity contribution is -0.150. The number of amides is 2. The van der Waals surface area contributed by atoms with Crippen LogP contribution in [0, 0.1) is 5.92 Å². The molecular formula is C23H26N2O7. The van der Waals surface area contributed by atoms with Gasteiger partial charge in [-0.3, -0.25) is 9.59 Å². The fourth-order valence-electron chi connectivity index (χ4n) is 3.05. The summed E-state index contributed by atoms with van der Waals surface area (Å²) < 4.78 is 21.1. The number of nitrogens with one attached hydrogen (secondary N) is 2. The van der Waals surface area contributed by atoms with Crippen LogP contribution in [0.15, 0.2) is 42.5 Å². The van der Waals surface area contributed by atoms with Gasteiger partial charge in [0, 0.05) is 11.8 Å². The highest BCUT2D eigenvalue weighted by Crippen LogP contribution is 2.34. The van der Waals surface area contributed by atoms with E-state index in [1.165, 1.54) is 0 Å². The maximum atomic E-state index is 12.7. The Hall–Kier alpha value is -3.75. The van der Waals surface area contributed by atoms with Gasteiger partial charge in [0.05, 0.1) is 12.2 Å². The average molecular weight is 442 g/mol. The molecular weight excluding hydrogens is 416 g/mol. The van der Waals surface area contributed by atoms with E-state index in [1.54, 1.807) is 56.3 Å². The molecule has 2 amide bonds. The first-order valence-corrected chi connectivity index (χ1v) is 10.3. The first kappa shape index (κ1) is 22.9. The Kier molecular flexibility index (Phi) is 7.54. The molecule has 0 saturated carbocycles. The first-order valence-electron chi connectivity index (χ1n) is 10.3. The van der Waals surface area contributed by atoms with E-state index in [4.69, 9.17) is 18.9 Å². The van der Waals surface area contributed by atoms with Gasteiger partial charge in [-0.2, -0.15) is 0 Å². The number of anilines is 1. The molecule has 0 aromatic heterocycles. The predicted molar refractivity (Wildman–Crippen MR) is 116 cm³/mol. The van der Waals surface area contributed by atoms with E-state index in [1.807, 2.05) is 6.92 Å². The Labute approximate surface area is 186 Å². The monoisotopic (exact) mass is 442 g/mol. The van der Waals surface area contributed by atoms with E-state index in [-0.39, 0.29) is 12.7 Å². The number of carbonyl (C=O) groups excluding carboxylic acids is 3. The van der Waals surface area contributed by atoms with Crippen LogP contribution in [0.3, 0.4) is 0 Å². The van der Waals surface area contributed by atoms with Gasteiger partial charge in [-0.05, 0) is 37.1 Å². The normalized spacial score (nSPS) is 12.8. The smallest absolute Gasteiger partial charge is 0.329 e. The van der Waals surface area contributed by atoms with Crippen molar-refractivity contribution >= 4 is 23.5 Å². The van der Waals surface area contributed by atoms with Crippen LogP contribution < -0.4 is 24.8 Å². The molecule has 1 aliphatic rings. The van der Waals surface area contributed by atoms with E-state index in [9.17, 15) is 14.4 Å². The van der Waals surface area contributed by atoms with Crippen molar-refractivity contribution in [3.63, 3.8) is 0 Å². The minimum atomic E-state index is -0.935. The Bertz CT molecular complexity index is 990. The standard InChI is InChI=1S/C23H26N2O7/c1-4-29-17-8-6-5-7-16(17)22(27)25-21(14(2)3)23(28)30-12-20(26)24-15-9-10-18-19(11-15)32-13-31-18/h5-11,14,21H,4,12-13H2,1-3H3,(H,24,26)(H,25,27)/t21-/m1/s1. The van der Waals surface area contributed by atoms with E-state index in [2.05, 4.69) is 10.6 Å². The predicted octanol–water partition coefficient (Wildman–Crippen LogP) is 2.75. The Balaban J connectivity index is 1.57. The molecule has 9 nitrogen and oxygen atoms in total. The summed E-state index contributed by atoms with van der Waals surface area (Å²) in [6.45, 7) is 5.39. The van der Waals surface area contributed by atoms with Gasteiger partial charge >= 0.3 is 5.97 Å². The number of hydrogen-bond acceptors (Lipinski definition) is 7. The second-order valence-electron chi connectivity index (χ2n) is 7.35. The highest BCUT2D eigenvalue weighted by Gasteiger charge is 2.28. The zero-order chi connectivity index (χ0) is 23.1. The van der Waals surface area contributed by atoms with Crippen LogP contribution in [0.5, 0.6) is 17.2 Å². The number of ether oxygens (including phenoxy) is 4. The molecule has 170 valence electrons. The lowest BCUT2D eigenvalue weighted by Gasteiger charge is -2.21. The van der Waals surface area contributed by atoms with Gasteiger partial charge in [0.15, 0.2) is 18.1 Å². The van der Waals surface area contributed by atoms with Crippen LogP contribution in [0.1, 0.15) is 31.1 Å². The number of esters is 1. The maximum absolute atomic E-state index is 12.7. The Morgan fingerprint density at radius 2 is 1.81 bits per heavy atom. The lowest BCUT2D eigenvalue weighted by Crippen LogP contribution is -2.46. The lowest BCUT2D eigenvalue weighted by atomic mass is 10.0. The second-order valence-corrected chi connectivity index (χ2v) is 7.35. The van der Waals surface area contributed by atoms with Crippen LogP contribution in [0.2, 0.25) is 0 Å². The van der Waals surface area contributed by atoms with Crippen molar-refractivity contribution in [1.82, 2.24) is 5.32 Å². The number of rotatable bonds is 9. The summed E-state index contributed by atoms with van der Waals surface area (Å²) in [6.07, 6.45) is 0. The summed E-state index contributed by atoms with van der Waals surface area (Å²) in [5.74, 6) is -0.412. The SMILES string of the molecule is CCOc1ccccc1C(=O)N[C@@H](C(=O)OCC(=O)Nc1ccc2c(c1)OCO2)C(C)C. The van der Waals surface area contributed by atoms with Crippen molar-refractivity contribution in [2.75, 3.05) is 25.3 Å². The van der Waals surface area contributed by atoms with Gasteiger partial charge in [-0.25, -0.2) is 4.79 Å². The van der Waals surface area contributed by atoms with Gasteiger partial charge in [-0.15, -0.1) is 0 Å². The van der Waals surface area contributed by atoms with Crippen LogP contribution in [-0.4, -0.2) is 43.8 Å². The van der Waals surface area contributed by atoms with Crippen LogP contribution in [0.25, 0.3) is 0 Å². The van der Waals surface area contributed by atoms with Crippen molar-refractivity contribution < 1.29 is 33.3 Å². The third-order valence-electron chi connectivity index (χ3n) is 4.64. The van der Waals surface area contributed by atoms with E-state index < -0.39 is 30.4 Å². The summed E-state index contributed by atoms with van der Waals surface area (Å²) in [6, 6.07) is 10.8. The minimum Gasteiger partial charge on any atom is -0.493 e. The molecule has 3 rings (SSSR count). The summed E-state index contributed by atoms with van der Waals surface area (Å²) in [4.78, 5) is 37.5. The van der Waals surface area contributed by atoms with E-state index in [0.717, 1.165) is 0 Å². The first-order chi connectivity index (χ1) is 15.4. The van der Waals surface area contributed by atoms with Crippen molar-refractivity contribution in [3.05, 3.63) is 48.0 Å². The fourth-order valence-corrected chi connectivity index (χ4v) is 3.05. The number of carbonyl (C=O) groups is 3. The maximum Gasteiger partial charge on any atom is 0.329 e. The largest absolute Gasteiger partial charge is 0.493 e. The molecule has 2 aromatic carbocycles. The van der Waals surface area contributed by atoms with Gasteiger partial charge in [0.25, 0.3) is 11.8 Å². The molecule has 0 spiro atoms. The third kappa shape index (κ3) is 5.69. The molecule has 0 saturated heterocycles. The minimum absolute atomic E-state index is 0.127. The summed E-state index contributed by atoms with van der Waals surface area (Å²) >= 11 is 0.